The van der Waals surface area contributed by atoms with Gasteiger partial charge in [0.1, 0.15) is 0 Å². The van der Waals surface area contributed by atoms with E-state index >= 15 is 0 Å². The molecule has 0 aliphatic carbocycles. The maximum atomic E-state index is 12.4. The predicted octanol–water partition coefficient (Wildman–Crippen LogP) is 0.0335. The maximum Gasteiger partial charge on any atom is 0.309 e. The van der Waals surface area contributed by atoms with Crippen LogP contribution in [-0.4, -0.2) is 86.8 Å². The average molecular weight is 447 g/mol. The van der Waals surface area contributed by atoms with Gasteiger partial charge in [0.2, 0.25) is 12.7 Å². The van der Waals surface area contributed by atoms with Gasteiger partial charge in [-0.3, -0.25) is 19.3 Å². The van der Waals surface area contributed by atoms with Crippen LogP contribution >= 0.6 is 0 Å². The van der Waals surface area contributed by atoms with E-state index < -0.39 is 11.8 Å². The summed E-state index contributed by atoms with van der Waals surface area (Å²) in [4.78, 5) is 40.2. The number of ether oxygens (including phenoxy) is 3. The Morgan fingerprint density at radius 2 is 1.81 bits per heavy atom. The summed E-state index contributed by atoms with van der Waals surface area (Å²) in [7, 11) is 0. The van der Waals surface area contributed by atoms with Gasteiger partial charge < -0.3 is 29.7 Å². The molecule has 10 nitrogen and oxygen atoms in total. The molecule has 10 heteroatoms. The fourth-order valence-corrected chi connectivity index (χ4v) is 4.23. The van der Waals surface area contributed by atoms with Crippen LogP contribution in [-0.2, 0) is 19.1 Å². The van der Waals surface area contributed by atoms with E-state index in [0.717, 1.165) is 31.6 Å². The van der Waals surface area contributed by atoms with Gasteiger partial charge in [0, 0.05) is 45.7 Å². The smallest absolute Gasteiger partial charge is 0.309 e. The molecule has 3 aliphatic heterocycles. The van der Waals surface area contributed by atoms with E-state index in [4.69, 9.17) is 14.2 Å². The second-order valence-corrected chi connectivity index (χ2v) is 8.08. The highest BCUT2D eigenvalue weighted by Crippen LogP contribution is 2.35. The first-order valence-electron chi connectivity index (χ1n) is 11.2. The summed E-state index contributed by atoms with van der Waals surface area (Å²) in [5, 5.41) is 5.40. The molecule has 2 N–H and O–H groups in total. The van der Waals surface area contributed by atoms with Gasteiger partial charge in [-0.15, -0.1) is 0 Å². The third-order valence-corrected chi connectivity index (χ3v) is 5.99. The summed E-state index contributed by atoms with van der Waals surface area (Å²) >= 11 is 0. The fourth-order valence-electron chi connectivity index (χ4n) is 4.23. The Kier molecular flexibility index (Phi) is 7.43. The third-order valence-electron chi connectivity index (χ3n) is 5.99. The van der Waals surface area contributed by atoms with Gasteiger partial charge in [-0.25, -0.2) is 0 Å². The first-order valence-corrected chi connectivity index (χ1v) is 11.2. The Morgan fingerprint density at radius 1 is 1.03 bits per heavy atom. The average Bonchev–Trinajstić information content (AvgIpc) is 3.45. The van der Waals surface area contributed by atoms with Crippen molar-refractivity contribution >= 4 is 17.7 Å². The molecule has 1 atom stereocenters. The van der Waals surface area contributed by atoms with Crippen LogP contribution in [0, 0.1) is 0 Å². The molecule has 2 fully saturated rings. The van der Waals surface area contributed by atoms with Crippen molar-refractivity contribution in [2.24, 2.45) is 0 Å². The summed E-state index contributed by atoms with van der Waals surface area (Å²) < 4.78 is 16.4. The van der Waals surface area contributed by atoms with E-state index in [1.165, 1.54) is 0 Å². The highest BCUT2D eigenvalue weighted by atomic mass is 16.7. The highest BCUT2D eigenvalue weighted by molar-refractivity contribution is 6.35. The first kappa shape index (κ1) is 22.3. The number of nitrogens with one attached hydrogen (secondary N) is 2. The van der Waals surface area contributed by atoms with Crippen LogP contribution in [0.1, 0.15) is 30.9 Å². The van der Waals surface area contributed by atoms with Crippen molar-refractivity contribution < 1.29 is 28.6 Å². The zero-order chi connectivity index (χ0) is 22.3. The number of fused-ring (bicyclic) bond motifs is 1. The molecule has 1 aromatic rings. The lowest BCUT2D eigenvalue weighted by Gasteiger charge is -2.34. The third kappa shape index (κ3) is 5.49. The Morgan fingerprint density at radius 3 is 2.59 bits per heavy atom. The molecule has 3 aliphatic rings. The molecule has 0 unspecified atom stereocenters. The Hall–Kier alpha value is -2.85. The van der Waals surface area contributed by atoms with E-state index in [9.17, 15) is 14.4 Å². The predicted molar refractivity (Wildman–Crippen MR) is 114 cm³/mol. The molecular formula is C22H30N4O6. The van der Waals surface area contributed by atoms with Crippen molar-refractivity contribution in [3.05, 3.63) is 23.8 Å². The number of hydrogen-bond donors (Lipinski definition) is 2. The topological polar surface area (TPSA) is 109 Å². The molecule has 32 heavy (non-hydrogen) atoms. The Labute approximate surface area is 187 Å². The SMILES string of the molecule is O=C(NCCCN1CCCC1=O)C(=O)NC[C@@H](c1ccc2c(c1)OCO2)N1CCOCC1. The number of rotatable bonds is 8. The van der Waals surface area contributed by atoms with Gasteiger partial charge >= 0.3 is 11.8 Å². The number of amides is 3. The maximum absolute atomic E-state index is 12.4. The first-order chi connectivity index (χ1) is 15.6. The van der Waals surface area contributed by atoms with Gasteiger partial charge in [-0.05, 0) is 30.5 Å². The van der Waals surface area contributed by atoms with Crippen molar-refractivity contribution in [2.75, 3.05) is 59.3 Å². The molecule has 3 heterocycles. The van der Waals surface area contributed by atoms with Crippen LogP contribution < -0.4 is 20.1 Å². The number of carbonyl (C=O) groups excluding carboxylic acids is 3. The minimum absolute atomic E-state index is 0.119. The van der Waals surface area contributed by atoms with Gasteiger partial charge in [-0.2, -0.15) is 0 Å². The molecule has 2 saturated heterocycles. The molecule has 174 valence electrons. The largest absolute Gasteiger partial charge is 0.454 e. The van der Waals surface area contributed by atoms with Crippen LogP contribution in [0.4, 0.5) is 0 Å². The van der Waals surface area contributed by atoms with Crippen molar-refractivity contribution in [3.8, 4) is 11.5 Å². The molecule has 0 aromatic heterocycles. The number of likely N-dealkylation sites (tertiary alicyclic amines) is 1. The number of benzene rings is 1. The molecule has 0 bridgehead atoms. The lowest BCUT2D eigenvalue weighted by atomic mass is 10.0. The molecule has 3 amide bonds. The summed E-state index contributed by atoms with van der Waals surface area (Å²) in [5.74, 6) is 0.215. The number of morpholine rings is 1. The van der Waals surface area contributed by atoms with E-state index in [-0.39, 0.29) is 25.3 Å². The van der Waals surface area contributed by atoms with E-state index in [1.54, 1.807) is 4.90 Å². The van der Waals surface area contributed by atoms with E-state index in [2.05, 4.69) is 15.5 Å². The standard InChI is InChI=1S/C22H30N4O6/c27-20-3-1-7-26(20)8-2-6-23-21(28)22(29)24-14-17(25-9-11-30-12-10-25)16-4-5-18-19(13-16)32-15-31-18/h4-5,13,17H,1-3,6-12,14-15H2,(H,23,28)(H,24,29)/t17-/m0/s1. The Bertz CT molecular complexity index is 842. The normalized spacial score (nSPS) is 19.1. The molecule has 4 rings (SSSR count). The van der Waals surface area contributed by atoms with Crippen LogP contribution in [0.3, 0.4) is 0 Å². The molecule has 1 aromatic carbocycles. The van der Waals surface area contributed by atoms with Crippen LogP contribution in [0.25, 0.3) is 0 Å². The number of nitrogens with zero attached hydrogens (tertiary/aromatic N) is 2. The molecule has 0 radical (unpaired) electrons. The zero-order valence-corrected chi connectivity index (χ0v) is 18.1. The van der Waals surface area contributed by atoms with Crippen LogP contribution in [0.2, 0.25) is 0 Å². The summed E-state index contributed by atoms with van der Waals surface area (Å²) in [6.45, 7) is 4.92. The summed E-state index contributed by atoms with van der Waals surface area (Å²) in [6, 6.07) is 5.63. The lowest BCUT2D eigenvalue weighted by molar-refractivity contribution is -0.139. The lowest BCUT2D eigenvalue weighted by Crippen LogP contribution is -2.47. The molecule has 0 spiro atoms. The number of hydrogen-bond acceptors (Lipinski definition) is 7. The van der Waals surface area contributed by atoms with E-state index in [1.807, 2.05) is 18.2 Å². The second-order valence-electron chi connectivity index (χ2n) is 8.08. The van der Waals surface area contributed by atoms with Crippen LogP contribution in [0.15, 0.2) is 18.2 Å². The van der Waals surface area contributed by atoms with Crippen molar-refractivity contribution in [1.29, 1.82) is 0 Å². The van der Waals surface area contributed by atoms with Gasteiger partial charge in [-0.1, -0.05) is 6.07 Å². The van der Waals surface area contributed by atoms with Crippen molar-refractivity contribution in [2.45, 2.75) is 25.3 Å². The number of carbonyl (C=O) groups is 3. The zero-order valence-electron chi connectivity index (χ0n) is 18.1. The minimum Gasteiger partial charge on any atom is -0.454 e. The van der Waals surface area contributed by atoms with Crippen molar-refractivity contribution in [3.63, 3.8) is 0 Å². The van der Waals surface area contributed by atoms with E-state index in [0.29, 0.717) is 50.6 Å². The van der Waals surface area contributed by atoms with Crippen molar-refractivity contribution in [1.82, 2.24) is 20.4 Å². The summed E-state index contributed by atoms with van der Waals surface area (Å²) in [5.41, 5.74) is 0.979. The highest BCUT2D eigenvalue weighted by Gasteiger charge is 2.26. The van der Waals surface area contributed by atoms with Crippen LogP contribution in [0.5, 0.6) is 11.5 Å². The monoisotopic (exact) mass is 446 g/mol. The Balaban J connectivity index is 1.28. The molecule has 0 saturated carbocycles. The van der Waals surface area contributed by atoms with Gasteiger partial charge in [0.25, 0.3) is 0 Å². The minimum atomic E-state index is -0.666. The van der Waals surface area contributed by atoms with Gasteiger partial charge in [0.15, 0.2) is 11.5 Å². The summed E-state index contributed by atoms with van der Waals surface area (Å²) in [6.07, 6.45) is 2.11. The second kappa shape index (κ2) is 10.6. The molecular weight excluding hydrogens is 416 g/mol. The van der Waals surface area contributed by atoms with Gasteiger partial charge in [0.05, 0.1) is 19.3 Å². The fraction of sp³-hybridized carbons (Fsp3) is 0.591. The quantitative estimate of drug-likeness (QED) is 0.428.